The summed E-state index contributed by atoms with van der Waals surface area (Å²) in [5, 5.41) is 6.78. The summed E-state index contributed by atoms with van der Waals surface area (Å²) in [5.74, 6) is 2.27. The molecule has 0 saturated heterocycles. The minimum atomic E-state index is 0.458. The molecular weight excluding hydrogens is 176 g/mol. The molecule has 0 spiro atoms. The second-order valence-electron chi connectivity index (χ2n) is 2.28. The van der Waals surface area contributed by atoms with Gasteiger partial charge in [0.15, 0.2) is 5.11 Å². The lowest BCUT2D eigenvalue weighted by molar-refractivity contribution is 0.735. The van der Waals surface area contributed by atoms with Gasteiger partial charge < -0.3 is 10.6 Å². The third kappa shape index (κ3) is 6.44. The first-order valence-corrected chi connectivity index (χ1v) is 5.33. The first-order valence-electron chi connectivity index (χ1n) is 3.76. The number of thiocarbonyl (C=S) groups is 1. The van der Waals surface area contributed by atoms with E-state index in [1.807, 2.05) is 18.8 Å². The van der Waals surface area contributed by atoms with E-state index in [9.17, 15) is 0 Å². The van der Waals surface area contributed by atoms with Crippen molar-refractivity contribution in [3.63, 3.8) is 0 Å². The van der Waals surface area contributed by atoms with Gasteiger partial charge in [0.25, 0.3) is 0 Å². The van der Waals surface area contributed by atoms with Crippen LogP contribution in [0.1, 0.15) is 13.8 Å². The Kier molecular flexibility index (Phi) is 6.76. The molecule has 4 heteroatoms. The van der Waals surface area contributed by atoms with Gasteiger partial charge in [-0.15, -0.1) is 0 Å². The van der Waals surface area contributed by atoms with Gasteiger partial charge in [0.1, 0.15) is 0 Å². The molecule has 1 unspecified atom stereocenters. The molecule has 0 aromatic rings. The maximum atomic E-state index is 4.95. The highest BCUT2D eigenvalue weighted by Gasteiger charge is 2.00. The van der Waals surface area contributed by atoms with Gasteiger partial charge in [-0.3, -0.25) is 0 Å². The van der Waals surface area contributed by atoms with Crippen LogP contribution < -0.4 is 10.6 Å². The van der Waals surface area contributed by atoms with Gasteiger partial charge in [-0.25, -0.2) is 0 Å². The zero-order valence-electron chi connectivity index (χ0n) is 7.31. The molecule has 0 aliphatic carbocycles. The molecule has 0 amide bonds. The standard InChI is InChI=1S/C7H16N2S2/c1-4-11-5-6(2)9-7(10)8-3/h6H,4-5H2,1-3H3,(H2,8,9,10). The van der Waals surface area contributed by atoms with E-state index in [0.717, 1.165) is 10.9 Å². The molecule has 1 atom stereocenters. The predicted molar refractivity (Wildman–Crippen MR) is 57.3 cm³/mol. The van der Waals surface area contributed by atoms with E-state index in [1.54, 1.807) is 0 Å². The zero-order chi connectivity index (χ0) is 8.69. The number of hydrogen-bond acceptors (Lipinski definition) is 2. The van der Waals surface area contributed by atoms with Gasteiger partial charge in [0.05, 0.1) is 0 Å². The molecule has 0 heterocycles. The molecule has 0 aromatic heterocycles. The summed E-state index contributed by atoms with van der Waals surface area (Å²) < 4.78 is 0. The van der Waals surface area contributed by atoms with E-state index >= 15 is 0 Å². The molecule has 2 nitrogen and oxygen atoms in total. The van der Waals surface area contributed by atoms with Crippen molar-refractivity contribution in [2.24, 2.45) is 0 Å². The maximum absolute atomic E-state index is 4.95. The summed E-state index contributed by atoms with van der Waals surface area (Å²) in [6.07, 6.45) is 0. The Morgan fingerprint density at radius 3 is 2.73 bits per heavy atom. The fraction of sp³-hybridized carbons (Fsp3) is 0.857. The topological polar surface area (TPSA) is 24.1 Å². The minimum Gasteiger partial charge on any atom is -0.366 e. The van der Waals surface area contributed by atoms with E-state index < -0.39 is 0 Å². The van der Waals surface area contributed by atoms with Gasteiger partial charge in [-0.1, -0.05) is 6.92 Å². The van der Waals surface area contributed by atoms with Crippen molar-refractivity contribution in [3.8, 4) is 0 Å². The highest BCUT2D eigenvalue weighted by Crippen LogP contribution is 2.00. The van der Waals surface area contributed by atoms with E-state index in [2.05, 4.69) is 24.5 Å². The van der Waals surface area contributed by atoms with Gasteiger partial charge in [0.2, 0.25) is 0 Å². The Morgan fingerprint density at radius 2 is 2.27 bits per heavy atom. The molecule has 0 bridgehead atoms. The largest absolute Gasteiger partial charge is 0.366 e. The quantitative estimate of drug-likeness (QED) is 0.654. The van der Waals surface area contributed by atoms with Crippen LogP contribution in [0.4, 0.5) is 0 Å². The Bertz CT molecular complexity index is 117. The Labute approximate surface area is 78.5 Å². The molecule has 0 aliphatic heterocycles. The smallest absolute Gasteiger partial charge is 0.166 e. The van der Waals surface area contributed by atoms with Crippen molar-refractivity contribution in [1.29, 1.82) is 0 Å². The van der Waals surface area contributed by atoms with Crippen LogP contribution in [-0.2, 0) is 0 Å². The third-order valence-electron chi connectivity index (χ3n) is 1.18. The summed E-state index contributed by atoms with van der Waals surface area (Å²) in [6.45, 7) is 4.29. The zero-order valence-corrected chi connectivity index (χ0v) is 8.94. The monoisotopic (exact) mass is 192 g/mol. The van der Waals surface area contributed by atoms with Crippen molar-refractivity contribution in [3.05, 3.63) is 0 Å². The van der Waals surface area contributed by atoms with E-state index in [4.69, 9.17) is 12.2 Å². The van der Waals surface area contributed by atoms with Crippen molar-refractivity contribution < 1.29 is 0 Å². The van der Waals surface area contributed by atoms with Crippen molar-refractivity contribution in [2.75, 3.05) is 18.6 Å². The molecule has 11 heavy (non-hydrogen) atoms. The summed E-state index contributed by atoms with van der Waals surface area (Å²) in [6, 6.07) is 0.458. The van der Waals surface area contributed by atoms with Crippen LogP contribution in [0.5, 0.6) is 0 Å². The second kappa shape index (κ2) is 6.73. The van der Waals surface area contributed by atoms with Crippen molar-refractivity contribution in [2.45, 2.75) is 19.9 Å². The first kappa shape index (κ1) is 11.0. The summed E-state index contributed by atoms with van der Waals surface area (Å²) >= 11 is 6.87. The fourth-order valence-electron chi connectivity index (χ4n) is 0.632. The molecule has 0 saturated carbocycles. The van der Waals surface area contributed by atoms with E-state index in [-0.39, 0.29) is 0 Å². The highest BCUT2D eigenvalue weighted by atomic mass is 32.2. The molecule has 0 rings (SSSR count). The van der Waals surface area contributed by atoms with Crippen LogP contribution in [0.3, 0.4) is 0 Å². The lowest BCUT2D eigenvalue weighted by Gasteiger charge is -2.14. The molecule has 0 aromatic carbocycles. The lowest BCUT2D eigenvalue weighted by Crippen LogP contribution is -2.39. The average Bonchev–Trinajstić information content (AvgIpc) is 2.00. The van der Waals surface area contributed by atoms with E-state index in [0.29, 0.717) is 6.04 Å². The number of rotatable bonds is 4. The first-order chi connectivity index (χ1) is 5.20. The Balaban J connectivity index is 3.35. The molecule has 0 fully saturated rings. The van der Waals surface area contributed by atoms with Crippen LogP contribution in [0, 0.1) is 0 Å². The maximum Gasteiger partial charge on any atom is 0.166 e. The number of thioether (sulfide) groups is 1. The van der Waals surface area contributed by atoms with Crippen LogP contribution in [0.15, 0.2) is 0 Å². The number of nitrogens with one attached hydrogen (secondary N) is 2. The molecule has 2 N–H and O–H groups in total. The van der Waals surface area contributed by atoms with Crippen LogP contribution in [-0.4, -0.2) is 29.7 Å². The highest BCUT2D eigenvalue weighted by molar-refractivity contribution is 7.99. The molecule has 0 aliphatic rings. The summed E-state index contributed by atoms with van der Waals surface area (Å²) in [4.78, 5) is 0. The summed E-state index contributed by atoms with van der Waals surface area (Å²) in [5.41, 5.74) is 0. The molecule has 66 valence electrons. The van der Waals surface area contributed by atoms with E-state index in [1.165, 1.54) is 5.75 Å². The Hall–Kier alpha value is 0.0400. The van der Waals surface area contributed by atoms with Gasteiger partial charge in [0, 0.05) is 18.8 Å². The molecular formula is C7H16N2S2. The van der Waals surface area contributed by atoms with Crippen molar-refractivity contribution >= 4 is 29.1 Å². The minimum absolute atomic E-state index is 0.458. The van der Waals surface area contributed by atoms with Gasteiger partial charge in [-0.05, 0) is 24.9 Å². The fourth-order valence-corrected chi connectivity index (χ4v) is 1.51. The van der Waals surface area contributed by atoms with Crippen molar-refractivity contribution in [1.82, 2.24) is 10.6 Å². The van der Waals surface area contributed by atoms with Crippen LogP contribution in [0.2, 0.25) is 0 Å². The SMILES string of the molecule is CCSCC(C)NC(=S)NC. The Morgan fingerprint density at radius 1 is 1.64 bits per heavy atom. The summed E-state index contributed by atoms with van der Waals surface area (Å²) in [7, 11) is 1.83. The third-order valence-corrected chi connectivity index (χ3v) is 2.64. The van der Waals surface area contributed by atoms with Gasteiger partial charge >= 0.3 is 0 Å². The van der Waals surface area contributed by atoms with Crippen LogP contribution in [0.25, 0.3) is 0 Å². The average molecular weight is 192 g/mol. The lowest BCUT2D eigenvalue weighted by atomic mass is 10.4. The van der Waals surface area contributed by atoms with Crippen LogP contribution >= 0.6 is 24.0 Å². The van der Waals surface area contributed by atoms with Gasteiger partial charge in [-0.2, -0.15) is 11.8 Å². The molecule has 0 radical (unpaired) electrons. The number of hydrogen-bond donors (Lipinski definition) is 2. The predicted octanol–water partition coefficient (Wildman–Crippen LogP) is 1.22. The second-order valence-corrected chi connectivity index (χ2v) is 4.01. The normalized spacial score (nSPS) is 12.3.